The summed E-state index contributed by atoms with van der Waals surface area (Å²) in [6, 6.07) is 28.3. The highest BCUT2D eigenvalue weighted by Gasteiger charge is 2.34. The molecule has 204 valence electrons. The molecule has 2 heterocycles. The van der Waals surface area contributed by atoms with Gasteiger partial charge in [-0.1, -0.05) is 72.8 Å². The van der Waals surface area contributed by atoms with E-state index in [-0.39, 0.29) is 19.1 Å². The highest BCUT2D eigenvalue weighted by Crippen LogP contribution is 2.34. The van der Waals surface area contributed by atoms with E-state index in [2.05, 4.69) is 10.6 Å². The van der Waals surface area contributed by atoms with Crippen molar-refractivity contribution < 1.29 is 23.9 Å². The number of aliphatic imine (C=N–C) groups is 1. The van der Waals surface area contributed by atoms with Crippen LogP contribution in [0.1, 0.15) is 27.0 Å². The number of nitrogens with zero attached hydrogens (tertiary/aromatic N) is 2. The molecule has 2 N–H and O–H groups in total. The summed E-state index contributed by atoms with van der Waals surface area (Å²) in [7, 11) is 0. The molecule has 9 nitrogen and oxygen atoms in total. The zero-order valence-electron chi connectivity index (χ0n) is 22.2. The molecular weight excluding hydrogens is 520 g/mol. The number of Topliss-reactive ketones (excluding diaryl/α,β-unsaturated/α-hetero) is 1. The summed E-state index contributed by atoms with van der Waals surface area (Å²) >= 11 is 0. The molecule has 0 saturated heterocycles. The second kappa shape index (κ2) is 11.0. The Balaban J connectivity index is 1.36. The van der Waals surface area contributed by atoms with Crippen LogP contribution in [0.3, 0.4) is 0 Å². The second-order valence-corrected chi connectivity index (χ2v) is 9.59. The van der Waals surface area contributed by atoms with Crippen LogP contribution < -0.4 is 25.0 Å². The molecule has 2 aliphatic rings. The van der Waals surface area contributed by atoms with Crippen molar-refractivity contribution in [2.75, 3.05) is 23.6 Å². The highest BCUT2D eigenvalue weighted by atomic mass is 16.7. The molecule has 41 heavy (non-hydrogen) atoms. The van der Waals surface area contributed by atoms with E-state index in [9.17, 15) is 14.4 Å². The minimum atomic E-state index is -1.31. The zero-order chi connectivity index (χ0) is 28.3. The first-order valence-corrected chi connectivity index (χ1v) is 13.1. The van der Waals surface area contributed by atoms with Gasteiger partial charge in [-0.25, -0.2) is 9.79 Å². The van der Waals surface area contributed by atoms with E-state index in [0.717, 1.165) is 11.1 Å². The van der Waals surface area contributed by atoms with Crippen LogP contribution in [0.15, 0.2) is 102 Å². The number of benzodiazepines with no additional fused rings is 1. The maximum absolute atomic E-state index is 14.1. The first kappa shape index (κ1) is 25.8. The fourth-order valence-corrected chi connectivity index (χ4v) is 4.89. The standard InChI is InChI=1S/C32H26N4O5/c1-20-9-5-6-12-23(20)26(37)18-36-25-14-8-7-13-24(25)29(21-10-3-2-4-11-21)34-30(31(36)38)35-32(39)33-22-15-16-27-28(17-22)41-19-40-27/h2-17,30H,18-19H2,1H3,(H2,33,35,39)/t30-/m0/s1. The Bertz CT molecular complexity index is 1680. The molecule has 0 bridgehead atoms. The van der Waals surface area contributed by atoms with Crippen molar-refractivity contribution in [1.29, 1.82) is 0 Å². The summed E-state index contributed by atoms with van der Waals surface area (Å²) in [4.78, 5) is 46.8. The molecule has 0 unspecified atom stereocenters. The number of carbonyl (C=O) groups is 3. The van der Waals surface area contributed by atoms with Crippen LogP contribution in [0.4, 0.5) is 16.2 Å². The molecule has 0 saturated carbocycles. The number of amides is 3. The number of para-hydroxylation sites is 1. The lowest BCUT2D eigenvalue weighted by atomic mass is 9.99. The number of hydrogen-bond acceptors (Lipinski definition) is 6. The summed E-state index contributed by atoms with van der Waals surface area (Å²) in [5.41, 5.74) is 4.28. The van der Waals surface area contributed by atoms with Gasteiger partial charge >= 0.3 is 6.03 Å². The number of ether oxygens (including phenoxy) is 2. The largest absolute Gasteiger partial charge is 0.454 e. The zero-order valence-corrected chi connectivity index (χ0v) is 22.2. The van der Waals surface area contributed by atoms with E-state index in [1.165, 1.54) is 4.90 Å². The maximum Gasteiger partial charge on any atom is 0.321 e. The summed E-state index contributed by atoms with van der Waals surface area (Å²) in [5.74, 6) is 0.330. The van der Waals surface area contributed by atoms with Crippen molar-refractivity contribution in [2.45, 2.75) is 13.1 Å². The molecule has 2 aliphatic heterocycles. The number of hydrogen-bond donors (Lipinski definition) is 2. The van der Waals surface area contributed by atoms with Crippen molar-refractivity contribution >= 4 is 34.8 Å². The Kier molecular flexibility index (Phi) is 6.91. The van der Waals surface area contributed by atoms with Crippen LogP contribution in [-0.4, -0.2) is 42.9 Å². The molecule has 6 rings (SSSR count). The normalized spacial score (nSPS) is 15.4. The Morgan fingerprint density at radius 1 is 0.902 bits per heavy atom. The average Bonchev–Trinajstić information content (AvgIpc) is 3.42. The molecule has 3 amide bonds. The third-order valence-corrected chi connectivity index (χ3v) is 6.90. The molecule has 0 fully saturated rings. The molecule has 0 spiro atoms. The molecule has 0 aliphatic carbocycles. The third-order valence-electron chi connectivity index (χ3n) is 6.90. The number of anilines is 2. The van der Waals surface area contributed by atoms with Crippen LogP contribution in [0.5, 0.6) is 11.5 Å². The molecule has 4 aromatic rings. The monoisotopic (exact) mass is 546 g/mol. The van der Waals surface area contributed by atoms with Crippen molar-refractivity contribution in [3.63, 3.8) is 0 Å². The molecule has 0 radical (unpaired) electrons. The summed E-state index contributed by atoms with van der Waals surface area (Å²) in [6.07, 6.45) is -1.31. The van der Waals surface area contributed by atoms with Crippen molar-refractivity contribution in [1.82, 2.24) is 5.32 Å². The van der Waals surface area contributed by atoms with E-state index < -0.39 is 18.1 Å². The lowest BCUT2D eigenvalue weighted by Crippen LogP contribution is -2.50. The number of fused-ring (bicyclic) bond motifs is 2. The number of rotatable bonds is 6. The van der Waals surface area contributed by atoms with Gasteiger partial charge in [0, 0.05) is 28.4 Å². The van der Waals surface area contributed by atoms with Crippen LogP contribution in [0, 0.1) is 6.92 Å². The van der Waals surface area contributed by atoms with Gasteiger partial charge in [0.25, 0.3) is 5.91 Å². The summed E-state index contributed by atoms with van der Waals surface area (Å²) in [6.45, 7) is 1.74. The van der Waals surface area contributed by atoms with Crippen LogP contribution in [-0.2, 0) is 4.79 Å². The Morgan fingerprint density at radius 2 is 1.63 bits per heavy atom. The van der Waals surface area contributed by atoms with Crippen LogP contribution in [0.2, 0.25) is 0 Å². The molecule has 9 heteroatoms. The van der Waals surface area contributed by atoms with E-state index >= 15 is 0 Å². The fraction of sp³-hybridized carbons (Fsp3) is 0.125. The Hall–Kier alpha value is -5.44. The van der Waals surface area contributed by atoms with E-state index in [1.807, 2.05) is 61.5 Å². The minimum Gasteiger partial charge on any atom is -0.454 e. The number of ketones is 1. The molecule has 4 aromatic carbocycles. The summed E-state index contributed by atoms with van der Waals surface area (Å²) in [5, 5.41) is 5.43. The van der Waals surface area contributed by atoms with Gasteiger partial charge in [-0.3, -0.25) is 9.59 Å². The smallest absolute Gasteiger partial charge is 0.321 e. The van der Waals surface area contributed by atoms with E-state index in [1.54, 1.807) is 42.5 Å². The third kappa shape index (κ3) is 5.25. The predicted molar refractivity (Wildman–Crippen MR) is 155 cm³/mol. The number of nitrogens with one attached hydrogen (secondary N) is 2. The predicted octanol–water partition coefficient (Wildman–Crippen LogP) is 4.94. The average molecular weight is 547 g/mol. The van der Waals surface area contributed by atoms with Gasteiger partial charge in [-0.15, -0.1) is 0 Å². The molecule has 0 aromatic heterocycles. The van der Waals surface area contributed by atoms with Gasteiger partial charge in [0.15, 0.2) is 17.3 Å². The van der Waals surface area contributed by atoms with Gasteiger partial charge in [0.2, 0.25) is 13.0 Å². The second-order valence-electron chi connectivity index (χ2n) is 9.59. The van der Waals surface area contributed by atoms with Gasteiger partial charge in [0.05, 0.1) is 17.9 Å². The van der Waals surface area contributed by atoms with Crippen LogP contribution >= 0.6 is 0 Å². The van der Waals surface area contributed by atoms with Gasteiger partial charge < -0.3 is 25.0 Å². The van der Waals surface area contributed by atoms with Gasteiger partial charge in [-0.2, -0.15) is 0 Å². The first-order valence-electron chi connectivity index (χ1n) is 13.1. The number of urea groups is 1. The topological polar surface area (TPSA) is 109 Å². The van der Waals surface area contributed by atoms with Crippen molar-refractivity contribution in [2.24, 2.45) is 4.99 Å². The van der Waals surface area contributed by atoms with E-state index in [4.69, 9.17) is 14.5 Å². The van der Waals surface area contributed by atoms with Gasteiger partial charge in [0.1, 0.15) is 0 Å². The number of carbonyl (C=O) groups excluding carboxylic acids is 3. The van der Waals surface area contributed by atoms with Crippen molar-refractivity contribution in [3.05, 3.63) is 119 Å². The fourth-order valence-electron chi connectivity index (χ4n) is 4.89. The Morgan fingerprint density at radius 3 is 2.46 bits per heavy atom. The first-order chi connectivity index (χ1) is 20.0. The maximum atomic E-state index is 14.1. The van der Waals surface area contributed by atoms with Crippen LogP contribution in [0.25, 0.3) is 0 Å². The van der Waals surface area contributed by atoms with Crippen molar-refractivity contribution in [3.8, 4) is 11.5 Å². The number of aryl methyl sites for hydroxylation is 1. The summed E-state index contributed by atoms with van der Waals surface area (Å²) < 4.78 is 10.7. The lowest BCUT2D eigenvalue weighted by Gasteiger charge is -2.25. The Labute approximate surface area is 236 Å². The minimum absolute atomic E-state index is 0.107. The molecule has 1 atom stereocenters. The van der Waals surface area contributed by atoms with E-state index in [0.29, 0.717) is 39.7 Å². The highest BCUT2D eigenvalue weighted by molar-refractivity contribution is 6.21. The lowest BCUT2D eigenvalue weighted by molar-refractivity contribution is -0.120. The SMILES string of the molecule is Cc1ccccc1C(=O)CN1C(=O)[C@H](NC(=O)Nc2ccc3c(c2)OCO3)N=C(c2ccccc2)c2ccccc21. The quantitative estimate of drug-likeness (QED) is 0.333. The van der Waals surface area contributed by atoms with Gasteiger partial charge in [-0.05, 0) is 30.7 Å². The molecular formula is C32H26N4O5. The number of benzene rings is 4.